The standard InChI is InChI=1S/C32H51NO6Si2/c1-31(2,3)40(8,9)38-27-25(29(34)37-22-23-18-14-12-15-19-23)26(30(35)36-7)33(24-20-16-13-17-21-24)28(27)39-41(10,11)32(4,5)6/h12,14-15,18-19,24H,13,16-17,20-22H2,1-11H3. The van der Waals surface area contributed by atoms with Crippen molar-refractivity contribution in [3.63, 3.8) is 0 Å². The highest BCUT2D eigenvalue weighted by Gasteiger charge is 2.47. The fourth-order valence-electron chi connectivity index (χ4n) is 4.51. The van der Waals surface area contributed by atoms with Gasteiger partial charge in [0.2, 0.25) is 5.88 Å². The van der Waals surface area contributed by atoms with Crippen molar-refractivity contribution < 1.29 is 27.9 Å². The summed E-state index contributed by atoms with van der Waals surface area (Å²) < 4.78 is 27.2. The van der Waals surface area contributed by atoms with Gasteiger partial charge in [-0.05, 0) is 54.7 Å². The Bertz CT molecular complexity index is 1220. The van der Waals surface area contributed by atoms with E-state index in [1.165, 1.54) is 7.11 Å². The van der Waals surface area contributed by atoms with Gasteiger partial charge in [0.15, 0.2) is 5.75 Å². The monoisotopic (exact) mass is 601 g/mol. The lowest BCUT2D eigenvalue weighted by Crippen LogP contribution is -2.46. The van der Waals surface area contributed by atoms with Crippen molar-refractivity contribution in [1.82, 2.24) is 4.57 Å². The van der Waals surface area contributed by atoms with Crippen molar-refractivity contribution in [2.75, 3.05) is 7.11 Å². The van der Waals surface area contributed by atoms with E-state index in [1.807, 2.05) is 34.9 Å². The van der Waals surface area contributed by atoms with Crippen LogP contribution in [0.15, 0.2) is 30.3 Å². The molecule has 1 aliphatic rings. The fourth-order valence-corrected chi connectivity index (χ4v) is 6.49. The Morgan fingerprint density at radius 3 is 1.88 bits per heavy atom. The number of benzene rings is 1. The minimum atomic E-state index is -2.50. The molecule has 0 aliphatic heterocycles. The SMILES string of the molecule is COC(=O)c1c(C(=O)OCc2ccccc2)c(O[Si](C)(C)C(C)(C)C)c(O[Si](C)(C)C(C)(C)C)n1C1CCCCC1. The summed E-state index contributed by atoms with van der Waals surface area (Å²) in [6.07, 6.45) is 4.97. The normalized spacial score (nSPS) is 15.4. The molecule has 1 aromatic carbocycles. The highest BCUT2D eigenvalue weighted by Crippen LogP contribution is 2.50. The minimum Gasteiger partial charge on any atom is -0.539 e. The van der Waals surface area contributed by atoms with Crippen LogP contribution in [0.4, 0.5) is 0 Å². The Hall–Kier alpha value is -2.53. The second-order valence-corrected chi connectivity index (χ2v) is 23.7. The molecule has 0 atom stereocenters. The molecule has 2 aromatic rings. The molecule has 1 saturated carbocycles. The van der Waals surface area contributed by atoms with Crippen LogP contribution in [0, 0.1) is 0 Å². The molecule has 0 amide bonds. The van der Waals surface area contributed by atoms with E-state index < -0.39 is 28.6 Å². The van der Waals surface area contributed by atoms with Gasteiger partial charge in [-0.1, -0.05) is 91.1 Å². The smallest absolute Gasteiger partial charge is 0.355 e. The molecule has 0 unspecified atom stereocenters. The predicted molar refractivity (Wildman–Crippen MR) is 169 cm³/mol. The van der Waals surface area contributed by atoms with Gasteiger partial charge in [-0.2, -0.15) is 0 Å². The van der Waals surface area contributed by atoms with Gasteiger partial charge in [-0.15, -0.1) is 0 Å². The Balaban J connectivity index is 2.34. The van der Waals surface area contributed by atoms with Crippen LogP contribution in [0.1, 0.15) is 106 Å². The van der Waals surface area contributed by atoms with Crippen LogP contribution in [0.2, 0.25) is 36.3 Å². The Morgan fingerprint density at radius 1 is 0.829 bits per heavy atom. The number of hydrogen-bond acceptors (Lipinski definition) is 6. The van der Waals surface area contributed by atoms with Gasteiger partial charge in [0.05, 0.1) is 7.11 Å². The zero-order valence-electron chi connectivity index (χ0n) is 27.1. The first-order valence-corrected chi connectivity index (χ1v) is 20.7. The lowest BCUT2D eigenvalue weighted by molar-refractivity contribution is 0.0452. The van der Waals surface area contributed by atoms with E-state index in [0.29, 0.717) is 11.6 Å². The molecule has 41 heavy (non-hydrogen) atoms. The molecule has 1 heterocycles. The number of aromatic nitrogens is 1. The molecule has 1 fully saturated rings. The minimum absolute atomic E-state index is 0.0185. The third-order valence-corrected chi connectivity index (χ3v) is 17.8. The molecule has 1 aliphatic carbocycles. The average Bonchev–Trinajstić information content (AvgIpc) is 3.19. The number of rotatable bonds is 9. The molecule has 0 spiro atoms. The van der Waals surface area contributed by atoms with E-state index in [4.69, 9.17) is 18.3 Å². The number of nitrogens with zero attached hydrogens (tertiary/aromatic N) is 1. The van der Waals surface area contributed by atoms with Crippen LogP contribution in [0.5, 0.6) is 11.6 Å². The molecular weight excluding hydrogens is 551 g/mol. The number of methoxy groups -OCH3 is 1. The third kappa shape index (κ3) is 7.28. The van der Waals surface area contributed by atoms with Crippen molar-refractivity contribution in [3.8, 4) is 11.6 Å². The topological polar surface area (TPSA) is 76.0 Å². The lowest BCUT2D eigenvalue weighted by Gasteiger charge is -2.40. The first kappa shape index (κ1) is 33.0. The first-order chi connectivity index (χ1) is 18.9. The second-order valence-electron chi connectivity index (χ2n) is 14.3. The van der Waals surface area contributed by atoms with Crippen molar-refractivity contribution in [2.24, 2.45) is 0 Å². The Kier molecular flexibility index (Phi) is 9.95. The van der Waals surface area contributed by atoms with E-state index in [1.54, 1.807) is 0 Å². The van der Waals surface area contributed by atoms with Gasteiger partial charge in [-0.25, -0.2) is 9.59 Å². The summed E-state index contributed by atoms with van der Waals surface area (Å²) in [5, 5.41) is -0.285. The zero-order chi connectivity index (χ0) is 30.8. The van der Waals surface area contributed by atoms with Gasteiger partial charge in [-0.3, -0.25) is 0 Å². The first-order valence-electron chi connectivity index (χ1n) is 14.9. The fraction of sp³-hybridized carbons (Fsp3) is 0.625. The van der Waals surface area contributed by atoms with Crippen molar-refractivity contribution >= 4 is 28.6 Å². The van der Waals surface area contributed by atoms with Gasteiger partial charge < -0.3 is 22.9 Å². The second kappa shape index (κ2) is 12.4. The van der Waals surface area contributed by atoms with Crippen molar-refractivity contribution in [3.05, 3.63) is 47.2 Å². The number of carbonyl (C=O) groups is 2. The van der Waals surface area contributed by atoms with E-state index in [0.717, 1.165) is 37.7 Å². The number of ether oxygens (including phenoxy) is 2. The van der Waals surface area contributed by atoms with Crippen molar-refractivity contribution in [1.29, 1.82) is 0 Å². The molecule has 7 nitrogen and oxygen atoms in total. The summed E-state index contributed by atoms with van der Waals surface area (Å²) in [6, 6.07) is 9.51. The molecule has 0 saturated heterocycles. The zero-order valence-corrected chi connectivity index (χ0v) is 29.1. The van der Waals surface area contributed by atoms with E-state index in [-0.39, 0.29) is 34.0 Å². The summed E-state index contributed by atoms with van der Waals surface area (Å²) >= 11 is 0. The third-order valence-electron chi connectivity index (χ3n) is 9.17. The maximum atomic E-state index is 14.1. The van der Waals surface area contributed by atoms with Crippen LogP contribution in [0.25, 0.3) is 0 Å². The average molecular weight is 602 g/mol. The molecule has 3 rings (SSSR count). The number of esters is 2. The van der Waals surface area contributed by atoms with E-state index >= 15 is 0 Å². The van der Waals surface area contributed by atoms with Gasteiger partial charge in [0.25, 0.3) is 16.6 Å². The molecule has 1 aromatic heterocycles. The molecule has 228 valence electrons. The predicted octanol–water partition coefficient (Wildman–Crippen LogP) is 8.90. The van der Waals surface area contributed by atoms with Gasteiger partial charge in [0, 0.05) is 6.04 Å². The Labute approximate surface area is 249 Å². The summed E-state index contributed by atoms with van der Waals surface area (Å²) in [7, 11) is -3.60. The lowest BCUT2D eigenvalue weighted by atomic mass is 9.95. The van der Waals surface area contributed by atoms with Gasteiger partial charge in [0.1, 0.15) is 17.9 Å². The maximum absolute atomic E-state index is 14.1. The van der Waals surface area contributed by atoms with E-state index in [2.05, 4.69) is 67.7 Å². The van der Waals surface area contributed by atoms with E-state index in [9.17, 15) is 9.59 Å². The molecular formula is C32H51NO6Si2. The maximum Gasteiger partial charge on any atom is 0.355 e. The van der Waals surface area contributed by atoms with Crippen LogP contribution >= 0.6 is 0 Å². The number of carbonyl (C=O) groups excluding carboxylic acids is 2. The quantitative estimate of drug-likeness (QED) is 0.211. The highest BCUT2D eigenvalue weighted by molar-refractivity contribution is 6.75. The van der Waals surface area contributed by atoms with Gasteiger partial charge >= 0.3 is 11.9 Å². The van der Waals surface area contributed by atoms with Crippen LogP contribution in [0.3, 0.4) is 0 Å². The molecule has 0 radical (unpaired) electrons. The number of hydrogen-bond donors (Lipinski definition) is 0. The molecule has 0 bridgehead atoms. The summed E-state index contributed by atoms with van der Waals surface area (Å²) in [6.45, 7) is 21.7. The van der Waals surface area contributed by atoms with Crippen LogP contribution in [-0.2, 0) is 16.1 Å². The highest BCUT2D eigenvalue weighted by atomic mass is 28.4. The summed E-state index contributed by atoms with van der Waals surface area (Å²) in [5.41, 5.74) is 1.13. The van der Waals surface area contributed by atoms with Crippen LogP contribution in [-0.4, -0.2) is 40.3 Å². The van der Waals surface area contributed by atoms with Crippen molar-refractivity contribution in [2.45, 2.75) is 123 Å². The summed E-state index contributed by atoms with van der Waals surface area (Å²) in [5.74, 6) is -0.407. The largest absolute Gasteiger partial charge is 0.539 e. The Morgan fingerprint density at radius 2 is 1.37 bits per heavy atom. The summed E-state index contributed by atoms with van der Waals surface area (Å²) in [4.78, 5) is 27.7. The molecule has 0 N–H and O–H groups in total. The molecule has 9 heteroatoms. The van der Waals surface area contributed by atoms with Crippen LogP contribution < -0.4 is 8.85 Å².